The van der Waals surface area contributed by atoms with E-state index in [0.717, 1.165) is 38.2 Å². The van der Waals surface area contributed by atoms with Gasteiger partial charge in [-0.3, -0.25) is 14.7 Å². The number of hydrogen-bond acceptors (Lipinski definition) is 4. The van der Waals surface area contributed by atoms with Crippen molar-refractivity contribution >= 4 is 29.2 Å². The van der Waals surface area contributed by atoms with Gasteiger partial charge in [0.2, 0.25) is 5.91 Å². The maximum atomic E-state index is 12.8. The van der Waals surface area contributed by atoms with Gasteiger partial charge < -0.3 is 15.5 Å². The lowest BCUT2D eigenvalue weighted by Crippen LogP contribution is -2.56. The zero-order valence-electron chi connectivity index (χ0n) is 17.3. The molecule has 0 saturated carbocycles. The zero-order chi connectivity index (χ0) is 21.4. The molecule has 1 spiro atoms. The van der Waals surface area contributed by atoms with E-state index in [4.69, 9.17) is 11.6 Å². The number of carbonyl (C=O) groups excluding carboxylic acids is 2. The number of amides is 3. The van der Waals surface area contributed by atoms with Crippen LogP contribution in [0.25, 0.3) is 0 Å². The predicted molar refractivity (Wildman–Crippen MR) is 119 cm³/mol. The van der Waals surface area contributed by atoms with Crippen molar-refractivity contribution in [3.63, 3.8) is 0 Å². The summed E-state index contributed by atoms with van der Waals surface area (Å²) in [7, 11) is 0. The molecule has 3 fully saturated rings. The van der Waals surface area contributed by atoms with Crippen LogP contribution in [0.4, 0.5) is 10.5 Å². The van der Waals surface area contributed by atoms with Crippen molar-refractivity contribution < 1.29 is 9.59 Å². The number of benzene rings is 1. The highest BCUT2D eigenvalue weighted by atomic mass is 35.5. The number of carbonyl (C=O) groups is 2. The van der Waals surface area contributed by atoms with Gasteiger partial charge >= 0.3 is 6.03 Å². The second kappa shape index (κ2) is 8.13. The Morgan fingerprint density at radius 2 is 1.97 bits per heavy atom. The molecule has 2 aromatic rings. The van der Waals surface area contributed by atoms with Crippen molar-refractivity contribution in [3.05, 3.63) is 59.4 Å². The van der Waals surface area contributed by atoms with Crippen molar-refractivity contribution in [2.24, 2.45) is 11.8 Å². The summed E-state index contributed by atoms with van der Waals surface area (Å²) in [5.74, 6) is 0.488. The SMILES string of the molecule is O=C1NC2(CCN(C(=O)Nc3ccc(Cl)cc3)CC2)[C@H]2CN(Cc3cccnc3)C[C@@H]12. The van der Waals surface area contributed by atoms with Crippen LogP contribution in [0.3, 0.4) is 0 Å². The maximum Gasteiger partial charge on any atom is 0.321 e. The minimum atomic E-state index is -0.206. The lowest BCUT2D eigenvalue weighted by molar-refractivity contribution is -0.123. The topological polar surface area (TPSA) is 77.6 Å². The summed E-state index contributed by atoms with van der Waals surface area (Å²) in [4.78, 5) is 33.8. The van der Waals surface area contributed by atoms with Crippen LogP contribution in [0.2, 0.25) is 5.02 Å². The lowest BCUT2D eigenvalue weighted by Gasteiger charge is -2.42. The Bertz CT molecular complexity index is 960. The molecule has 3 saturated heterocycles. The Morgan fingerprint density at radius 1 is 1.19 bits per heavy atom. The molecule has 2 N–H and O–H groups in total. The van der Waals surface area contributed by atoms with E-state index in [9.17, 15) is 9.59 Å². The smallest absolute Gasteiger partial charge is 0.321 e. The van der Waals surface area contributed by atoms with Crippen LogP contribution < -0.4 is 10.6 Å². The fourth-order valence-electron chi connectivity index (χ4n) is 5.36. The summed E-state index contributed by atoms with van der Waals surface area (Å²) in [6.45, 7) is 3.76. The Hall–Kier alpha value is -2.64. The molecule has 31 heavy (non-hydrogen) atoms. The summed E-state index contributed by atoms with van der Waals surface area (Å²) < 4.78 is 0. The van der Waals surface area contributed by atoms with E-state index in [2.05, 4.69) is 26.6 Å². The zero-order valence-corrected chi connectivity index (χ0v) is 18.0. The van der Waals surface area contributed by atoms with Crippen LogP contribution >= 0.6 is 11.6 Å². The first-order valence-corrected chi connectivity index (χ1v) is 11.1. The van der Waals surface area contributed by atoms with Gasteiger partial charge in [0.1, 0.15) is 0 Å². The number of fused-ring (bicyclic) bond motifs is 2. The number of halogens is 1. The molecule has 1 aromatic heterocycles. The van der Waals surface area contributed by atoms with Crippen LogP contribution in [-0.2, 0) is 11.3 Å². The molecule has 0 radical (unpaired) electrons. The van der Waals surface area contributed by atoms with E-state index in [1.165, 1.54) is 5.56 Å². The van der Waals surface area contributed by atoms with Crippen LogP contribution in [0.15, 0.2) is 48.8 Å². The van der Waals surface area contributed by atoms with Crippen LogP contribution in [0.1, 0.15) is 18.4 Å². The van der Waals surface area contributed by atoms with Crippen LogP contribution in [0, 0.1) is 11.8 Å². The van der Waals surface area contributed by atoms with E-state index in [1.54, 1.807) is 30.5 Å². The van der Waals surface area contributed by atoms with E-state index in [1.807, 2.05) is 17.2 Å². The van der Waals surface area contributed by atoms with Gasteiger partial charge in [0.15, 0.2) is 0 Å². The summed E-state index contributed by atoms with van der Waals surface area (Å²) in [5.41, 5.74) is 1.69. The Kier molecular flexibility index (Phi) is 5.32. The van der Waals surface area contributed by atoms with Crippen LogP contribution in [-0.4, -0.2) is 58.4 Å². The summed E-state index contributed by atoms with van der Waals surface area (Å²) in [5, 5.41) is 6.89. The number of urea groups is 1. The number of rotatable bonds is 3. The van der Waals surface area contributed by atoms with E-state index in [0.29, 0.717) is 18.1 Å². The van der Waals surface area contributed by atoms with E-state index >= 15 is 0 Å². The third-order valence-corrected chi connectivity index (χ3v) is 7.23. The Labute approximate surface area is 186 Å². The Balaban J connectivity index is 1.21. The second-order valence-electron chi connectivity index (χ2n) is 8.84. The number of aromatic nitrogens is 1. The number of anilines is 1. The average molecular weight is 440 g/mol. The second-order valence-corrected chi connectivity index (χ2v) is 9.27. The summed E-state index contributed by atoms with van der Waals surface area (Å²) >= 11 is 5.91. The number of hydrogen-bond donors (Lipinski definition) is 2. The molecule has 3 aliphatic heterocycles. The van der Waals surface area contributed by atoms with Crippen LogP contribution in [0.5, 0.6) is 0 Å². The molecule has 2 atom stereocenters. The molecule has 4 heterocycles. The van der Waals surface area contributed by atoms with Gasteiger partial charge in [-0.2, -0.15) is 0 Å². The molecule has 0 bridgehead atoms. The quantitative estimate of drug-likeness (QED) is 0.770. The van der Waals surface area contributed by atoms with Gasteiger partial charge in [-0.1, -0.05) is 17.7 Å². The minimum absolute atomic E-state index is 0.0334. The highest BCUT2D eigenvalue weighted by Crippen LogP contribution is 2.44. The molecule has 162 valence electrons. The molecule has 3 amide bonds. The first-order valence-electron chi connectivity index (χ1n) is 10.8. The molecule has 0 unspecified atom stereocenters. The third kappa shape index (κ3) is 4.00. The van der Waals surface area contributed by atoms with Crippen molar-refractivity contribution in [1.82, 2.24) is 20.1 Å². The molecule has 5 rings (SSSR count). The largest absolute Gasteiger partial charge is 0.350 e. The lowest BCUT2D eigenvalue weighted by atomic mass is 9.75. The molecule has 0 aliphatic carbocycles. The molecular weight excluding hydrogens is 414 g/mol. The van der Waals surface area contributed by atoms with Crippen molar-refractivity contribution in [2.45, 2.75) is 24.9 Å². The highest BCUT2D eigenvalue weighted by molar-refractivity contribution is 6.30. The molecule has 8 heteroatoms. The number of pyridine rings is 1. The van der Waals surface area contributed by atoms with Gasteiger partial charge in [0.25, 0.3) is 0 Å². The number of nitrogens with one attached hydrogen (secondary N) is 2. The summed E-state index contributed by atoms with van der Waals surface area (Å²) in [6.07, 6.45) is 5.24. The van der Waals surface area contributed by atoms with E-state index < -0.39 is 0 Å². The Morgan fingerprint density at radius 3 is 2.68 bits per heavy atom. The summed E-state index contributed by atoms with van der Waals surface area (Å²) in [6, 6.07) is 11.0. The minimum Gasteiger partial charge on any atom is -0.350 e. The van der Waals surface area contributed by atoms with E-state index in [-0.39, 0.29) is 29.3 Å². The van der Waals surface area contributed by atoms with Gasteiger partial charge in [-0.25, -0.2) is 4.79 Å². The van der Waals surface area contributed by atoms with Gasteiger partial charge in [-0.15, -0.1) is 0 Å². The first kappa shape index (κ1) is 20.3. The molecular formula is C23H26ClN5O2. The maximum absolute atomic E-state index is 12.8. The highest BCUT2D eigenvalue weighted by Gasteiger charge is 2.57. The normalized spacial score (nSPS) is 24.8. The fourth-order valence-corrected chi connectivity index (χ4v) is 5.49. The number of nitrogens with zero attached hydrogens (tertiary/aromatic N) is 3. The van der Waals surface area contributed by atoms with Gasteiger partial charge in [-0.05, 0) is 48.7 Å². The third-order valence-electron chi connectivity index (χ3n) is 6.98. The molecule has 7 nitrogen and oxygen atoms in total. The van der Waals surface area contributed by atoms with Crippen molar-refractivity contribution in [3.8, 4) is 0 Å². The monoisotopic (exact) mass is 439 g/mol. The first-order chi connectivity index (χ1) is 15.0. The van der Waals surface area contributed by atoms with Gasteiger partial charge in [0.05, 0.1) is 5.92 Å². The predicted octanol–water partition coefficient (Wildman–Crippen LogP) is 2.98. The number of likely N-dealkylation sites (tertiary alicyclic amines) is 2. The number of piperidine rings is 1. The molecule has 3 aliphatic rings. The molecule has 1 aromatic carbocycles. The average Bonchev–Trinajstić information content (AvgIpc) is 3.30. The van der Waals surface area contributed by atoms with Crippen molar-refractivity contribution in [2.75, 3.05) is 31.5 Å². The fraction of sp³-hybridized carbons (Fsp3) is 0.435. The van der Waals surface area contributed by atoms with Crippen molar-refractivity contribution in [1.29, 1.82) is 0 Å². The van der Waals surface area contributed by atoms with Gasteiger partial charge in [0, 0.05) is 67.3 Å². The standard InChI is InChI=1S/C23H26ClN5O2/c24-17-3-5-18(6-4-17)26-22(31)29-10-7-23(8-11-29)20-15-28(14-19(20)21(30)27-23)13-16-2-1-9-25-12-16/h1-6,9,12,19-20H,7-8,10-11,13-15H2,(H,26,31)(H,27,30)/t19-,20+/m1/s1.